The maximum absolute atomic E-state index is 12.4. The average Bonchev–Trinajstić information content (AvgIpc) is 2.96. The third-order valence-corrected chi connectivity index (χ3v) is 9.91. The summed E-state index contributed by atoms with van der Waals surface area (Å²) in [7, 11) is 0. The van der Waals surface area contributed by atoms with Gasteiger partial charge in [0, 0.05) is 23.3 Å². The summed E-state index contributed by atoms with van der Waals surface area (Å²) in [5, 5.41) is 15.9. The number of carbonyl (C=O) groups is 2. The van der Waals surface area contributed by atoms with Crippen LogP contribution in [0.25, 0.3) is 0 Å². The summed E-state index contributed by atoms with van der Waals surface area (Å²) in [5.74, 6) is 1.84. The van der Waals surface area contributed by atoms with Crippen molar-refractivity contribution < 1.29 is 19.8 Å². The molecule has 0 aromatic carbocycles. The van der Waals surface area contributed by atoms with Gasteiger partial charge in [-0.2, -0.15) is 0 Å². The molecule has 0 heterocycles. The van der Waals surface area contributed by atoms with Crippen molar-refractivity contribution in [3.8, 4) is 0 Å². The average molecular weight is 605 g/mol. The predicted molar refractivity (Wildman–Crippen MR) is 180 cm³/mol. The number of aliphatic hydroxyl groups excluding tert-OH is 2. The third kappa shape index (κ3) is 32.5. The van der Waals surface area contributed by atoms with Gasteiger partial charge in [-0.05, 0) is 12.8 Å². The summed E-state index contributed by atoms with van der Waals surface area (Å²) in [5.41, 5.74) is 0. The van der Waals surface area contributed by atoms with Crippen molar-refractivity contribution in [2.24, 2.45) is 11.8 Å². The van der Waals surface area contributed by atoms with Crippen molar-refractivity contribution in [1.82, 2.24) is 0 Å². The number of thioether (sulfide) groups is 2. The number of aliphatic hydroxyl groups is 2. The van der Waals surface area contributed by atoms with Gasteiger partial charge < -0.3 is 10.2 Å². The first kappa shape index (κ1) is 42.1. The van der Waals surface area contributed by atoms with E-state index >= 15 is 0 Å². The van der Waals surface area contributed by atoms with E-state index in [9.17, 15) is 9.59 Å². The maximum Gasteiger partial charge on any atom is 0.191 e. The van der Waals surface area contributed by atoms with Crippen molar-refractivity contribution in [3.63, 3.8) is 0 Å². The Labute approximate surface area is 258 Å². The van der Waals surface area contributed by atoms with Crippen LogP contribution in [-0.2, 0) is 9.59 Å². The molecule has 0 aromatic rings. The van der Waals surface area contributed by atoms with Gasteiger partial charge in [0.1, 0.15) is 0 Å². The van der Waals surface area contributed by atoms with Crippen LogP contribution in [0.2, 0.25) is 0 Å². The van der Waals surface area contributed by atoms with Gasteiger partial charge in [-0.3, -0.25) is 9.59 Å². The molecular weight excluding hydrogens is 537 g/mol. The van der Waals surface area contributed by atoms with Crippen molar-refractivity contribution >= 4 is 33.8 Å². The Balaban J connectivity index is 0. The lowest BCUT2D eigenvalue weighted by Gasteiger charge is -2.11. The zero-order valence-corrected chi connectivity index (χ0v) is 28.7. The van der Waals surface area contributed by atoms with Gasteiger partial charge in [-0.25, -0.2) is 0 Å². The van der Waals surface area contributed by atoms with Crippen molar-refractivity contribution in [2.45, 2.75) is 169 Å². The van der Waals surface area contributed by atoms with Gasteiger partial charge in [0.2, 0.25) is 0 Å². The van der Waals surface area contributed by atoms with Gasteiger partial charge in [0.15, 0.2) is 10.2 Å². The molecule has 0 spiro atoms. The van der Waals surface area contributed by atoms with Crippen LogP contribution in [0, 0.1) is 11.8 Å². The molecule has 2 N–H and O–H groups in total. The third-order valence-electron chi connectivity index (χ3n) is 7.46. The standard InChI is InChI=1S/C32H62O2S2.C2H6O2/c1-5-7-9-11-13-15-17-19-21-23-25-29(3)31(33)35-27-28-36-32(34)30(4)26-24-22-20-18-16-14-12-10-8-6-2;3-1-2-4/h29-30H,5-28H2,1-4H3;3-4H,1-2H2. The second kappa shape index (κ2) is 35.2. The van der Waals surface area contributed by atoms with Gasteiger partial charge in [-0.15, -0.1) is 0 Å². The van der Waals surface area contributed by atoms with Gasteiger partial charge in [0.25, 0.3) is 0 Å². The molecule has 240 valence electrons. The van der Waals surface area contributed by atoms with E-state index in [1.54, 1.807) is 0 Å². The first-order valence-electron chi connectivity index (χ1n) is 17.0. The minimum absolute atomic E-state index is 0.125. The number of hydrogen-bond donors (Lipinski definition) is 2. The highest BCUT2D eigenvalue weighted by atomic mass is 32.2. The Morgan fingerprint density at radius 3 is 0.975 bits per heavy atom. The van der Waals surface area contributed by atoms with E-state index in [0.717, 1.165) is 24.3 Å². The lowest BCUT2D eigenvalue weighted by atomic mass is 10.0. The van der Waals surface area contributed by atoms with Crippen molar-refractivity contribution in [3.05, 3.63) is 0 Å². The van der Waals surface area contributed by atoms with Crippen molar-refractivity contribution in [1.29, 1.82) is 0 Å². The van der Waals surface area contributed by atoms with Crippen LogP contribution in [0.4, 0.5) is 0 Å². The highest BCUT2D eigenvalue weighted by Crippen LogP contribution is 2.22. The fourth-order valence-corrected chi connectivity index (χ4v) is 6.55. The van der Waals surface area contributed by atoms with Crippen LogP contribution >= 0.6 is 23.5 Å². The monoisotopic (exact) mass is 604 g/mol. The van der Waals surface area contributed by atoms with E-state index in [0.29, 0.717) is 10.2 Å². The molecular formula is C34H68O4S2. The van der Waals surface area contributed by atoms with Crippen LogP contribution in [0.3, 0.4) is 0 Å². The zero-order valence-electron chi connectivity index (χ0n) is 27.1. The Hall–Kier alpha value is -0.0400. The second-order valence-electron chi connectivity index (χ2n) is 11.5. The Kier molecular flexibility index (Phi) is 37.0. The fourth-order valence-electron chi connectivity index (χ4n) is 4.68. The van der Waals surface area contributed by atoms with Crippen LogP contribution in [-0.4, -0.2) is 45.2 Å². The Morgan fingerprint density at radius 2 is 0.725 bits per heavy atom. The quantitative estimate of drug-likeness (QED) is 0.0865. The Morgan fingerprint density at radius 1 is 0.475 bits per heavy atom. The summed E-state index contributed by atoms with van der Waals surface area (Å²) in [6, 6.07) is 0. The normalized spacial score (nSPS) is 12.6. The van der Waals surface area contributed by atoms with E-state index in [4.69, 9.17) is 10.2 Å². The van der Waals surface area contributed by atoms with E-state index < -0.39 is 0 Å². The van der Waals surface area contributed by atoms with E-state index in [1.807, 2.05) is 0 Å². The molecule has 2 atom stereocenters. The molecule has 2 unspecified atom stereocenters. The van der Waals surface area contributed by atoms with Gasteiger partial charge in [-0.1, -0.05) is 180 Å². The molecule has 40 heavy (non-hydrogen) atoms. The smallest absolute Gasteiger partial charge is 0.191 e. The maximum atomic E-state index is 12.4. The molecule has 0 aliphatic heterocycles. The molecule has 0 aliphatic rings. The molecule has 0 rings (SSSR count). The summed E-state index contributed by atoms with van der Waals surface area (Å²) >= 11 is 2.89. The summed E-state index contributed by atoms with van der Waals surface area (Å²) in [4.78, 5) is 24.8. The molecule has 0 bridgehead atoms. The second-order valence-corrected chi connectivity index (χ2v) is 13.7. The predicted octanol–water partition coefficient (Wildman–Crippen LogP) is 10.4. The minimum Gasteiger partial charge on any atom is -0.394 e. The fraction of sp³-hybridized carbons (Fsp3) is 0.941. The van der Waals surface area contributed by atoms with Crippen LogP contribution in [0.15, 0.2) is 0 Å². The van der Waals surface area contributed by atoms with Crippen LogP contribution in [0.1, 0.15) is 169 Å². The van der Waals surface area contributed by atoms with Crippen LogP contribution < -0.4 is 0 Å². The lowest BCUT2D eigenvalue weighted by Crippen LogP contribution is -2.10. The van der Waals surface area contributed by atoms with E-state index in [-0.39, 0.29) is 25.0 Å². The molecule has 0 saturated heterocycles. The number of hydrogen-bond acceptors (Lipinski definition) is 6. The highest BCUT2D eigenvalue weighted by Gasteiger charge is 2.15. The van der Waals surface area contributed by atoms with Crippen molar-refractivity contribution in [2.75, 3.05) is 24.7 Å². The number of rotatable bonds is 28. The van der Waals surface area contributed by atoms with Gasteiger partial charge in [0.05, 0.1) is 13.2 Å². The number of carbonyl (C=O) groups excluding carboxylic acids is 2. The SMILES string of the molecule is CCCCCCCCCCCCC(C)C(=O)SCCSC(=O)C(C)CCCCCCCCCCCC.OCCO. The molecule has 0 radical (unpaired) electrons. The molecule has 0 saturated carbocycles. The summed E-state index contributed by atoms with van der Waals surface area (Å²) in [6.45, 7) is 8.45. The molecule has 6 heteroatoms. The topological polar surface area (TPSA) is 74.6 Å². The summed E-state index contributed by atoms with van der Waals surface area (Å²) < 4.78 is 0. The van der Waals surface area contributed by atoms with Crippen LogP contribution in [0.5, 0.6) is 0 Å². The largest absolute Gasteiger partial charge is 0.394 e. The molecule has 0 fully saturated rings. The highest BCUT2D eigenvalue weighted by molar-refractivity contribution is 8.16. The van der Waals surface area contributed by atoms with E-state index in [2.05, 4.69) is 27.7 Å². The van der Waals surface area contributed by atoms with E-state index in [1.165, 1.54) is 152 Å². The lowest BCUT2D eigenvalue weighted by molar-refractivity contribution is -0.114. The minimum atomic E-state index is -0.125. The summed E-state index contributed by atoms with van der Waals surface area (Å²) in [6.07, 6.45) is 28.8. The molecule has 0 amide bonds. The zero-order chi connectivity index (χ0) is 30.1. The molecule has 0 aliphatic carbocycles. The van der Waals surface area contributed by atoms with Gasteiger partial charge >= 0.3 is 0 Å². The number of unbranched alkanes of at least 4 members (excludes halogenated alkanes) is 18. The molecule has 0 aromatic heterocycles. The molecule has 4 nitrogen and oxygen atoms in total. The first-order chi connectivity index (χ1) is 19.4. The first-order valence-corrected chi connectivity index (χ1v) is 19.0. The Bertz CT molecular complexity index is 484.